The summed E-state index contributed by atoms with van der Waals surface area (Å²) in [6.07, 6.45) is 3.69. The Kier molecular flexibility index (Phi) is 6.79. The van der Waals surface area contributed by atoms with Crippen molar-refractivity contribution in [1.82, 2.24) is 15.5 Å². The van der Waals surface area contributed by atoms with Gasteiger partial charge in [-0.2, -0.15) is 0 Å². The maximum Gasteiger partial charge on any atom is 0.409 e. The van der Waals surface area contributed by atoms with Crippen LogP contribution >= 0.6 is 0 Å². The predicted molar refractivity (Wildman–Crippen MR) is 105 cm³/mol. The number of piperidine rings is 1. The Morgan fingerprint density at radius 1 is 1.11 bits per heavy atom. The quantitative estimate of drug-likeness (QED) is 0.831. The molecule has 3 amide bonds. The number of rotatable bonds is 5. The monoisotopic (exact) mass is 374 g/mol. The molecule has 2 saturated heterocycles. The van der Waals surface area contributed by atoms with Gasteiger partial charge in [0.25, 0.3) is 0 Å². The third kappa shape index (κ3) is 5.28. The Hall–Kier alpha value is -2.44. The largest absolute Gasteiger partial charge is 0.450 e. The zero-order chi connectivity index (χ0) is 19.1. The molecule has 7 nitrogen and oxygen atoms in total. The average Bonchev–Trinajstić information content (AvgIpc) is 3.22. The van der Waals surface area contributed by atoms with E-state index in [1.54, 1.807) is 11.8 Å². The predicted octanol–water partition coefficient (Wildman–Crippen LogP) is 2.71. The summed E-state index contributed by atoms with van der Waals surface area (Å²) in [5.74, 6) is 0. The molecule has 0 aromatic heterocycles. The molecule has 7 heteroatoms. The molecular weight excluding hydrogens is 344 g/mol. The van der Waals surface area contributed by atoms with E-state index in [-0.39, 0.29) is 18.2 Å². The number of hydrogen-bond donors (Lipinski definition) is 2. The summed E-state index contributed by atoms with van der Waals surface area (Å²) in [6, 6.07) is 8.20. The third-order valence-electron chi connectivity index (χ3n) is 5.23. The van der Waals surface area contributed by atoms with Crippen molar-refractivity contribution in [3.8, 4) is 0 Å². The molecule has 2 aliphatic rings. The van der Waals surface area contributed by atoms with E-state index in [4.69, 9.17) is 4.74 Å². The van der Waals surface area contributed by atoms with Gasteiger partial charge in [-0.15, -0.1) is 0 Å². The second kappa shape index (κ2) is 9.48. The summed E-state index contributed by atoms with van der Waals surface area (Å²) in [4.78, 5) is 28.1. The van der Waals surface area contributed by atoms with Crippen LogP contribution in [0, 0.1) is 0 Å². The van der Waals surface area contributed by atoms with Crippen LogP contribution in [0.25, 0.3) is 0 Å². The third-order valence-corrected chi connectivity index (χ3v) is 5.23. The fourth-order valence-electron chi connectivity index (χ4n) is 3.76. The maximum atomic E-state index is 12.3. The van der Waals surface area contributed by atoms with E-state index in [2.05, 4.69) is 33.7 Å². The molecule has 0 bridgehead atoms. The number of amides is 3. The number of urea groups is 1. The topological polar surface area (TPSA) is 73.9 Å². The molecule has 0 unspecified atom stereocenters. The number of likely N-dealkylation sites (tertiary alicyclic amines) is 1. The molecule has 2 N–H and O–H groups in total. The molecule has 1 aromatic rings. The number of anilines is 1. The first kappa shape index (κ1) is 19.3. The van der Waals surface area contributed by atoms with Gasteiger partial charge in [0.1, 0.15) is 0 Å². The maximum absolute atomic E-state index is 12.3. The highest BCUT2D eigenvalue weighted by atomic mass is 16.6. The van der Waals surface area contributed by atoms with Gasteiger partial charge in [-0.25, -0.2) is 9.59 Å². The number of para-hydroxylation sites is 1. The van der Waals surface area contributed by atoms with Crippen molar-refractivity contribution in [2.75, 3.05) is 37.7 Å². The molecule has 0 aliphatic carbocycles. The lowest BCUT2D eigenvalue weighted by Gasteiger charge is -2.31. The minimum absolute atomic E-state index is 0.0875. The summed E-state index contributed by atoms with van der Waals surface area (Å²) >= 11 is 0. The van der Waals surface area contributed by atoms with Crippen LogP contribution in [0.15, 0.2) is 24.3 Å². The van der Waals surface area contributed by atoms with Gasteiger partial charge in [0.05, 0.1) is 6.61 Å². The van der Waals surface area contributed by atoms with Gasteiger partial charge in [-0.05, 0) is 44.2 Å². The molecule has 0 radical (unpaired) electrons. The normalized spacial score (nSPS) is 17.7. The van der Waals surface area contributed by atoms with Crippen LogP contribution in [0.2, 0.25) is 0 Å². The molecule has 2 aliphatic heterocycles. The first-order valence-electron chi connectivity index (χ1n) is 9.96. The number of carbonyl (C=O) groups is 2. The highest BCUT2D eigenvalue weighted by molar-refractivity contribution is 5.74. The van der Waals surface area contributed by atoms with Crippen LogP contribution < -0.4 is 15.5 Å². The van der Waals surface area contributed by atoms with E-state index in [0.717, 1.165) is 31.5 Å². The van der Waals surface area contributed by atoms with Crippen molar-refractivity contribution >= 4 is 17.8 Å². The van der Waals surface area contributed by atoms with Crippen LogP contribution in [-0.4, -0.2) is 55.9 Å². The number of ether oxygens (including phenoxy) is 1. The Balaban J connectivity index is 1.44. The van der Waals surface area contributed by atoms with Crippen LogP contribution in [0.4, 0.5) is 15.3 Å². The molecule has 2 heterocycles. The summed E-state index contributed by atoms with van der Waals surface area (Å²) in [6.45, 7) is 6.10. The number of benzene rings is 1. The van der Waals surface area contributed by atoms with Gasteiger partial charge in [-0.1, -0.05) is 18.2 Å². The summed E-state index contributed by atoms with van der Waals surface area (Å²) < 4.78 is 5.02. The second-order valence-corrected chi connectivity index (χ2v) is 7.11. The van der Waals surface area contributed by atoms with Gasteiger partial charge in [-0.3, -0.25) is 0 Å². The number of nitrogens with zero attached hydrogens (tertiary/aromatic N) is 2. The lowest BCUT2D eigenvalue weighted by molar-refractivity contribution is 0.0957. The number of hydrogen-bond acceptors (Lipinski definition) is 4. The van der Waals surface area contributed by atoms with Crippen LogP contribution in [-0.2, 0) is 11.3 Å². The fraction of sp³-hybridized carbons (Fsp3) is 0.600. The van der Waals surface area contributed by atoms with Crippen molar-refractivity contribution in [2.24, 2.45) is 0 Å². The highest BCUT2D eigenvalue weighted by Gasteiger charge is 2.24. The zero-order valence-electron chi connectivity index (χ0n) is 16.1. The van der Waals surface area contributed by atoms with E-state index in [1.165, 1.54) is 18.5 Å². The molecular formula is C20H30N4O3. The summed E-state index contributed by atoms with van der Waals surface area (Å²) in [5, 5.41) is 6.01. The van der Waals surface area contributed by atoms with Crippen LogP contribution in [0.3, 0.4) is 0 Å². The van der Waals surface area contributed by atoms with Crippen molar-refractivity contribution in [3.05, 3.63) is 29.8 Å². The lowest BCUT2D eigenvalue weighted by Crippen LogP contribution is -2.49. The lowest BCUT2D eigenvalue weighted by atomic mass is 10.1. The minimum atomic E-state index is -0.265. The average molecular weight is 374 g/mol. The SMILES string of the molecule is CCOC(=O)N1CCC(NC(=O)NCc2ccccc2N2CCCC2)CC1. The van der Waals surface area contributed by atoms with E-state index < -0.39 is 0 Å². The van der Waals surface area contributed by atoms with Crippen LogP contribution in [0.1, 0.15) is 38.2 Å². The number of nitrogens with one attached hydrogen (secondary N) is 2. The second-order valence-electron chi connectivity index (χ2n) is 7.11. The van der Waals surface area contributed by atoms with Gasteiger partial charge in [0, 0.05) is 44.5 Å². The first-order chi connectivity index (χ1) is 13.2. The van der Waals surface area contributed by atoms with Crippen molar-refractivity contribution in [3.63, 3.8) is 0 Å². The molecule has 0 saturated carbocycles. The number of carbonyl (C=O) groups excluding carboxylic acids is 2. The van der Waals surface area contributed by atoms with Crippen molar-refractivity contribution in [1.29, 1.82) is 0 Å². The Labute approximate surface area is 161 Å². The van der Waals surface area contributed by atoms with Gasteiger partial charge in [0.2, 0.25) is 0 Å². The zero-order valence-corrected chi connectivity index (χ0v) is 16.1. The minimum Gasteiger partial charge on any atom is -0.450 e. The van der Waals surface area contributed by atoms with Crippen molar-refractivity contribution in [2.45, 2.75) is 45.2 Å². The van der Waals surface area contributed by atoms with E-state index in [0.29, 0.717) is 26.2 Å². The van der Waals surface area contributed by atoms with Crippen LogP contribution in [0.5, 0.6) is 0 Å². The summed E-state index contributed by atoms with van der Waals surface area (Å²) in [7, 11) is 0. The smallest absolute Gasteiger partial charge is 0.409 e. The standard InChI is InChI=1S/C20H30N4O3/c1-2-27-20(26)24-13-9-17(10-14-24)22-19(25)21-15-16-7-3-4-8-18(16)23-11-5-6-12-23/h3-4,7-8,17H,2,5-6,9-15H2,1H3,(H2,21,22,25). The molecule has 3 rings (SSSR count). The fourth-order valence-corrected chi connectivity index (χ4v) is 3.76. The van der Waals surface area contributed by atoms with Crippen molar-refractivity contribution < 1.29 is 14.3 Å². The Morgan fingerprint density at radius 3 is 2.52 bits per heavy atom. The Bertz CT molecular complexity index is 638. The molecule has 27 heavy (non-hydrogen) atoms. The molecule has 0 atom stereocenters. The van der Waals surface area contributed by atoms with Gasteiger partial charge >= 0.3 is 12.1 Å². The molecule has 148 valence electrons. The van der Waals surface area contributed by atoms with E-state index in [9.17, 15) is 9.59 Å². The molecule has 1 aromatic carbocycles. The molecule has 0 spiro atoms. The van der Waals surface area contributed by atoms with E-state index in [1.807, 2.05) is 6.07 Å². The summed E-state index contributed by atoms with van der Waals surface area (Å²) in [5.41, 5.74) is 2.37. The highest BCUT2D eigenvalue weighted by Crippen LogP contribution is 2.24. The van der Waals surface area contributed by atoms with E-state index >= 15 is 0 Å². The Morgan fingerprint density at radius 2 is 1.81 bits per heavy atom. The van der Waals surface area contributed by atoms with Gasteiger partial charge in [0.15, 0.2) is 0 Å². The molecule has 2 fully saturated rings. The van der Waals surface area contributed by atoms with Gasteiger partial charge < -0.3 is 25.2 Å². The first-order valence-corrected chi connectivity index (χ1v) is 9.96.